The highest BCUT2D eigenvalue weighted by Gasteiger charge is 2.08. The maximum atomic E-state index is 12.1. The van der Waals surface area contributed by atoms with Crippen LogP contribution < -0.4 is 10.1 Å². The number of benzene rings is 2. The lowest BCUT2D eigenvalue weighted by atomic mass is 10.2. The highest BCUT2D eigenvalue weighted by molar-refractivity contribution is 9.10. The summed E-state index contributed by atoms with van der Waals surface area (Å²) in [5.74, 6) is 0.747. The molecule has 0 spiro atoms. The smallest absolute Gasteiger partial charge is 0.252 e. The first-order valence-electron chi connectivity index (χ1n) is 7.45. The van der Waals surface area contributed by atoms with Gasteiger partial charge in [-0.25, -0.2) is 0 Å². The van der Waals surface area contributed by atoms with Gasteiger partial charge in [0.15, 0.2) is 0 Å². The molecule has 0 bridgehead atoms. The lowest BCUT2D eigenvalue weighted by Gasteiger charge is -2.11. The van der Waals surface area contributed by atoms with Gasteiger partial charge in [-0.15, -0.1) is 0 Å². The molecule has 0 aliphatic rings. The van der Waals surface area contributed by atoms with Crippen molar-refractivity contribution in [1.82, 2.24) is 10.2 Å². The number of halogens is 1. The number of ether oxygens (including phenoxy) is 1. The summed E-state index contributed by atoms with van der Waals surface area (Å²) in [6.07, 6.45) is 0. The van der Waals surface area contributed by atoms with E-state index in [0.29, 0.717) is 18.7 Å². The van der Waals surface area contributed by atoms with Crippen LogP contribution in [0.5, 0.6) is 5.75 Å². The van der Waals surface area contributed by atoms with E-state index in [0.717, 1.165) is 22.3 Å². The third-order valence-electron chi connectivity index (χ3n) is 3.30. The maximum absolute atomic E-state index is 12.1. The molecule has 5 heteroatoms. The third-order valence-corrected chi connectivity index (χ3v) is 3.99. The van der Waals surface area contributed by atoms with Crippen LogP contribution in [0.4, 0.5) is 0 Å². The van der Waals surface area contributed by atoms with Gasteiger partial charge < -0.3 is 15.0 Å². The van der Waals surface area contributed by atoms with Crippen molar-refractivity contribution < 1.29 is 9.53 Å². The number of likely N-dealkylation sites (N-methyl/N-ethyl adjacent to an activating group) is 1. The van der Waals surface area contributed by atoms with E-state index in [1.54, 1.807) is 6.07 Å². The van der Waals surface area contributed by atoms with Crippen molar-refractivity contribution in [2.45, 2.75) is 6.54 Å². The zero-order chi connectivity index (χ0) is 16.7. The van der Waals surface area contributed by atoms with Crippen LogP contribution in [0.2, 0.25) is 0 Å². The molecule has 0 heterocycles. The number of amides is 1. The molecule has 0 aromatic heterocycles. The Labute approximate surface area is 145 Å². The average Bonchev–Trinajstić information content (AvgIpc) is 2.54. The Kier molecular flexibility index (Phi) is 6.62. The Morgan fingerprint density at radius 2 is 1.83 bits per heavy atom. The summed E-state index contributed by atoms with van der Waals surface area (Å²) >= 11 is 3.39. The SMILES string of the molecule is CN(C)CCOc1ccc(CNC(=O)c2ccccc2Br)cc1. The number of carbonyl (C=O) groups is 1. The summed E-state index contributed by atoms with van der Waals surface area (Å²) in [5, 5.41) is 2.92. The topological polar surface area (TPSA) is 41.6 Å². The molecule has 0 aliphatic carbocycles. The molecule has 0 radical (unpaired) electrons. The minimum absolute atomic E-state index is 0.0937. The second-order valence-electron chi connectivity index (χ2n) is 5.46. The van der Waals surface area contributed by atoms with E-state index in [2.05, 4.69) is 26.1 Å². The van der Waals surface area contributed by atoms with Gasteiger partial charge in [0.05, 0.1) is 5.56 Å². The number of hydrogen-bond acceptors (Lipinski definition) is 3. The summed E-state index contributed by atoms with van der Waals surface area (Å²) in [5.41, 5.74) is 1.67. The van der Waals surface area contributed by atoms with Crippen molar-refractivity contribution >= 4 is 21.8 Å². The Bertz CT molecular complexity index is 642. The predicted molar refractivity (Wildman–Crippen MR) is 95.8 cm³/mol. The summed E-state index contributed by atoms with van der Waals surface area (Å²) < 4.78 is 6.44. The molecule has 4 nitrogen and oxygen atoms in total. The summed E-state index contributed by atoms with van der Waals surface area (Å²) in [6, 6.07) is 15.2. The monoisotopic (exact) mass is 376 g/mol. The predicted octanol–water partition coefficient (Wildman–Crippen LogP) is 3.32. The first-order chi connectivity index (χ1) is 11.1. The average molecular weight is 377 g/mol. The van der Waals surface area contributed by atoms with Gasteiger partial charge in [0.25, 0.3) is 5.91 Å². The second-order valence-corrected chi connectivity index (χ2v) is 6.31. The van der Waals surface area contributed by atoms with Crippen LogP contribution in [0.25, 0.3) is 0 Å². The first-order valence-corrected chi connectivity index (χ1v) is 8.25. The summed E-state index contributed by atoms with van der Waals surface area (Å²) in [6.45, 7) is 2.02. The molecule has 23 heavy (non-hydrogen) atoms. The van der Waals surface area contributed by atoms with Crippen LogP contribution in [0.1, 0.15) is 15.9 Å². The molecule has 0 atom stereocenters. The molecule has 122 valence electrons. The minimum Gasteiger partial charge on any atom is -0.492 e. The lowest BCUT2D eigenvalue weighted by Crippen LogP contribution is -2.23. The van der Waals surface area contributed by atoms with Crippen molar-refractivity contribution in [3.8, 4) is 5.75 Å². The van der Waals surface area contributed by atoms with Crippen LogP contribution >= 0.6 is 15.9 Å². The molecular formula is C18H21BrN2O2. The van der Waals surface area contributed by atoms with Crippen molar-refractivity contribution in [1.29, 1.82) is 0 Å². The molecule has 1 N–H and O–H groups in total. The highest BCUT2D eigenvalue weighted by atomic mass is 79.9. The zero-order valence-corrected chi connectivity index (χ0v) is 15.0. The number of hydrogen-bond donors (Lipinski definition) is 1. The zero-order valence-electron chi connectivity index (χ0n) is 13.4. The fourth-order valence-electron chi connectivity index (χ4n) is 1.97. The van der Waals surface area contributed by atoms with E-state index in [-0.39, 0.29) is 5.91 Å². The molecule has 0 unspecified atom stereocenters. The largest absolute Gasteiger partial charge is 0.492 e. The van der Waals surface area contributed by atoms with E-state index < -0.39 is 0 Å². The Morgan fingerprint density at radius 1 is 1.13 bits per heavy atom. The van der Waals surface area contributed by atoms with E-state index in [1.807, 2.05) is 56.6 Å². The number of nitrogens with zero attached hydrogens (tertiary/aromatic N) is 1. The standard InChI is InChI=1S/C18H21BrN2O2/c1-21(2)11-12-23-15-9-7-14(8-10-15)13-20-18(22)16-5-3-4-6-17(16)19/h3-10H,11-13H2,1-2H3,(H,20,22). The first kappa shape index (κ1) is 17.5. The van der Waals surface area contributed by atoms with E-state index in [1.165, 1.54) is 0 Å². The second kappa shape index (κ2) is 8.70. The van der Waals surface area contributed by atoms with E-state index >= 15 is 0 Å². The van der Waals surface area contributed by atoms with Gasteiger partial charge >= 0.3 is 0 Å². The molecule has 2 aromatic rings. The third kappa shape index (κ3) is 5.69. The summed E-state index contributed by atoms with van der Waals surface area (Å²) in [4.78, 5) is 14.2. The van der Waals surface area contributed by atoms with Crippen LogP contribution in [0.3, 0.4) is 0 Å². The van der Waals surface area contributed by atoms with Gasteiger partial charge in [-0.2, -0.15) is 0 Å². The molecule has 2 aromatic carbocycles. The van der Waals surface area contributed by atoms with E-state index in [4.69, 9.17) is 4.74 Å². The van der Waals surface area contributed by atoms with Gasteiger partial charge in [-0.1, -0.05) is 24.3 Å². The molecule has 2 rings (SSSR count). The molecular weight excluding hydrogens is 356 g/mol. The van der Waals surface area contributed by atoms with Crippen molar-refractivity contribution in [2.75, 3.05) is 27.2 Å². The maximum Gasteiger partial charge on any atom is 0.252 e. The quantitative estimate of drug-likeness (QED) is 0.805. The fraction of sp³-hybridized carbons (Fsp3) is 0.278. The van der Waals surface area contributed by atoms with Crippen LogP contribution in [0.15, 0.2) is 53.0 Å². The van der Waals surface area contributed by atoms with Crippen molar-refractivity contribution in [3.05, 3.63) is 64.1 Å². The van der Waals surface area contributed by atoms with Gasteiger partial charge in [0.1, 0.15) is 12.4 Å². The van der Waals surface area contributed by atoms with Crippen LogP contribution in [-0.4, -0.2) is 38.1 Å². The van der Waals surface area contributed by atoms with Gasteiger partial charge in [0.2, 0.25) is 0 Å². The number of nitrogens with one attached hydrogen (secondary N) is 1. The Morgan fingerprint density at radius 3 is 2.48 bits per heavy atom. The summed E-state index contributed by atoms with van der Waals surface area (Å²) in [7, 11) is 4.03. The minimum atomic E-state index is -0.0937. The van der Waals surface area contributed by atoms with Gasteiger partial charge in [-0.3, -0.25) is 4.79 Å². The Hall–Kier alpha value is -1.85. The van der Waals surface area contributed by atoms with Crippen molar-refractivity contribution in [2.24, 2.45) is 0 Å². The number of rotatable bonds is 7. The van der Waals surface area contributed by atoms with Crippen molar-refractivity contribution in [3.63, 3.8) is 0 Å². The lowest BCUT2D eigenvalue weighted by molar-refractivity contribution is 0.0950. The van der Waals surface area contributed by atoms with Gasteiger partial charge in [0, 0.05) is 17.6 Å². The molecule has 0 fully saturated rings. The van der Waals surface area contributed by atoms with Gasteiger partial charge in [-0.05, 0) is 59.9 Å². The molecule has 0 aliphatic heterocycles. The molecule has 0 saturated heterocycles. The van der Waals surface area contributed by atoms with E-state index in [9.17, 15) is 4.79 Å². The van der Waals surface area contributed by atoms with Crippen LogP contribution in [0, 0.1) is 0 Å². The number of carbonyl (C=O) groups excluding carboxylic acids is 1. The van der Waals surface area contributed by atoms with Crippen LogP contribution in [-0.2, 0) is 6.54 Å². The highest BCUT2D eigenvalue weighted by Crippen LogP contribution is 2.16. The molecule has 1 amide bonds. The fourth-order valence-corrected chi connectivity index (χ4v) is 2.44. The normalized spacial score (nSPS) is 10.6. The Balaban J connectivity index is 1.84. The molecule has 0 saturated carbocycles.